The molecule has 118 valence electrons. The lowest BCUT2D eigenvalue weighted by Crippen LogP contribution is -2.43. The van der Waals surface area contributed by atoms with Crippen LogP contribution in [0.1, 0.15) is 19.8 Å². The number of sulfonamides is 1. The van der Waals surface area contributed by atoms with Crippen LogP contribution in [0.15, 0.2) is 17.0 Å². The van der Waals surface area contributed by atoms with Crippen LogP contribution in [0.2, 0.25) is 0 Å². The highest BCUT2D eigenvalue weighted by atomic mass is 32.2. The number of hydrogen-bond acceptors (Lipinski definition) is 4. The maximum absolute atomic E-state index is 14.0. The SMILES string of the molecule is CCOC1CCCN(S(=O)(=O)c2ccc(F)c(N)c2F)C1. The molecule has 5 nitrogen and oxygen atoms in total. The molecule has 1 saturated heterocycles. The Morgan fingerprint density at radius 2 is 2.14 bits per heavy atom. The number of ether oxygens (including phenoxy) is 1. The molecule has 0 radical (unpaired) electrons. The highest BCUT2D eigenvalue weighted by Crippen LogP contribution is 2.27. The first-order valence-corrected chi connectivity index (χ1v) is 8.17. The number of piperidine rings is 1. The lowest BCUT2D eigenvalue weighted by molar-refractivity contribution is 0.0264. The topological polar surface area (TPSA) is 72.6 Å². The fraction of sp³-hybridized carbons (Fsp3) is 0.538. The summed E-state index contributed by atoms with van der Waals surface area (Å²) in [5.41, 5.74) is 4.44. The number of hydrogen-bond donors (Lipinski definition) is 1. The standard InChI is InChI=1S/C13H18F2N2O3S/c1-2-20-9-4-3-7-17(8-9)21(18,19)11-6-5-10(14)13(16)12(11)15/h5-6,9H,2-4,7-8,16H2,1H3. The molecule has 1 aliphatic heterocycles. The van der Waals surface area contributed by atoms with Gasteiger partial charge in [0.15, 0.2) is 5.82 Å². The minimum absolute atomic E-state index is 0.160. The van der Waals surface area contributed by atoms with Crippen molar-refractivity contribution in [3.05, 3.63) is 23.8 Å². The van der Waals surface area contributed by atoms with Crippen molar-refractivity contribution in [1.29, 1.82) is 0 Å². The molecular formula is C13H18F2N2O3S. The van der Waals surface area contributed by atoms with Gasteiger partial charge in [0.2, 0.25) is 10.0 Å². The van der Waals surface area contributed by atoms with Gasteiger partial charge in [0, 0.05) is 19.7 Å². The summed E-state index contributed by atoms with van der Waals surface area (Å²) in [5, 5.41) is 0. The Bertz CT molecular complexity index is 620. The number of halogens is 2. The van der Waals surface area contributed by atoms with Gasteiger partial charge in [-0.3, -0.25) is 0 Å². The van der Waals surface area contributed by atoms with Crippen LogP contribution in [-0.4, -0.2) is 38.5 Å². The molecule has 0 aromatic heterocycles. The molecule has 0 amide bonds. The van der Waals surface area contributed by atoms with E-state index in [0.29, 0.717) is 13.0 Å². The molecular weight excluding hydrogens is 302 g/mol. The van der Waals surface area contributed by atoms with Crippen molar-refractivity contribution >= 4 is 15.7 Å². The summed E-state index contributed by atoms with van der Waals surface area (Å²) >= 11 is 0. The Balaban J connectivity index is 2.32. The largest absolute Gasteiger partial charge is 0.394 e. The summed E-state index contributed by atoms with van der Waals surface area (Å²) in [5.74, 6) is -2.22. The molecule has 1 fully saturated rings. The predicted octanol–water partition coefficient (Wildman–Crippen LogP) is 1.74. The van der Waals surface area contributed by atoms with Crippen molar-refractivity contribution < 1.29 is 21.9 Å². The third kappa shape index (κ3) is 3.17. The minimum Gasteiger partial charge on any atom is -0.394 e. The van der Waals surface area contributed by atoms with Gasteiger partial charge in [0.05, 0.1) is 6.10 Å². The molecule has 0 bridgehead atoms. The van der Waals surface area contributed by atoms with E-state index in [1.165, 1.54) is 0 Å². The van der Waals surface area contributed by atoms with Crippen LogP contribution < -0.4 is 5.73 Å². The first-order chi connectivity index (χ1) is 9.87. The third-order valence-electron chi connectivity index (χ3n) is 3.45. The summed E-state index contributed by atoms with van der Waals surface area (Å²) in [4.78, 5) is -0.599. The number of benzene rings is 1. The molecule has 1 heterocycles. The second-order valence-electron chi connectivity index (χ2n) is 4.86. The van der Waals surface area contributed by atoms with Gasteiger partial charge in [-0.25, -0.2) is 17.2 Å². The lowest BCUT2D eigenvalue weighted by Gasteiger charge is -2.31. The Labute approximate surface area is 122 Å². The number of rotatable bonds is 4. The van der Waals surface area contributed by atoms with Gasteiger partial charge in [-0.05, 0) is 31.9 Å². The molecule has 1 unspecified atom stereocenters. The summed E-state index contributed by atoms with van der Waals surface area (Å²) in [6.45, 7) is 2.75. The fourth-order valence-corrected chi connectivity index (χ4v) is 3.97. The van der Waals surface area contributed by atoms with Crippen molar-refractivity contribution in [1.82, 2.24) is 4.31 Å². The van der Waals surface area contributed by atoms with E-state index in [2.05, 4.69) is 0 Å². The Morgan fingerprint density at radius 1 is 1.43 bits per heavy atom. The fourth-order valence-electron chi connectivity index (χ4n) is 2.38. The maximum Gasteiger partial charge on any atom is 0.246 e. The average molecular weight is 320 g/mol. The molecule has 2 N–H and O–H groups in total. The lowest BCUT2D eigenvalue weighted by atomic mass is 10.1. The average Bonchev–Trinajstić information content (AvgIpc) is 2.45. The zero-order chi connectivity index (χ0) is 15.6. The summed E-state index contributed by atoms with van der Waals surface area (Å²) in [6, 6.07) is 1.76. The second-order valence-corrected chi connectivity index (χ2v) is 6.76. The van der Waals surface area contributed by atoms with Crippen LogP contribution in [0.4, 0.5) is 14.5 Å². The number of anilines is 1. The Kier molecular flexibility index (Phi) is 4.80. The zero-order valence-electron chi connectivity index (χ0n) is 11.7. The first-order valence-electron chi connectivity index (χ1n) is 6.73. The molecule has 1 aromatic carbocycles. The van der Waals surface area contributed by atoms with Crippen molar-refractivity contribution in [3.63, 3.8) is 0 Å². The van der Waals surface area contributed by atoms with E-state index >= 15 is 0 Å². The summed E-state index contributed by atoms with van der Waals surface area (Å²) in [7, 11) is -4.05. The molecule has 0 spiro atoms. The zero-order valence-corrected chi connectivity index (χ0v) is 12.5. The highest BCUT2D eigenvalue weighted by molar-refractivity contribution is 7.89. The molecule has 8 heteroatoms. The predicted molar refractivity (Wildman–Crippen MR) is 74.2 cm³/mol. The number of nitrogens with two attached hydrogens (primary N) is 1. The van der Waals surface area contributed by atoms with E-state index in [-0.39, 0.29) is 19.2 Å². The minimum atomic E-state index is -4.05. The van der Waals surface area contributed by atoms with Crippen LogP contribution in [0.5, 0.6) is 0 Å². The Morgan fingerprint density at radius 3 is 2.81 bits per heavy atom. The molecule has 1 aliphatic rings. The molecule has 1 aromatic rings. The number of nitrogen functional groups attached to an aromatic ring is 1. The van der Waals surface area contributed by atoms with Gasteiger partial charge in [0.1, 0.15) is 16.4 Å². The van der Waals surface area contributed by atoms with E-state index < -0.39 is 32.2 Å². The van der Waals surface area contributed by atoms with Crippen molar-refractivity contribution in [2.45, 2.75) is 30.8 Å². The van der Waals surface area contributed by atoms with Crippen LogP contribution in [0.3, 0.4) is 0 Å². The van der Waals surface area contributed by atoms with E-state index in [9.17, 15) is 17.2 Å². The molecule has 21 heavy (non-hydrogen) atoms. The molecule has 0 saturated carbocycles. The van der Waals surface area contributed by atoms with Crippen LogP contribution in [0, 0.1) is 11.6 Å². The first kappa shape index (κ1) is 16.1. The smallest absolute Gasteiger partial charge is 0.246 e. The van der Waals surface area contributed by atoms with Gasteiger partial charge in [-0.2, -0.15) is 4.31 Å². The molecule has 0 aliphatic carbocycles. The van der Waals surface area contributed by atoms with Gasteiger partial charge in [-0.1, -0.05) is 0 Å². The van der Waals surface area contributed by atoms with E-state index in [4.69, 9.17) is 10.5 Å². The molecule has 2 rings (SSSR count). The van der Waals surface area contributed by atoms with Crippen molar-refractivity contribution in [2.24, 2.45) is 0 Å². The van der Waals surface area contributed by atoms with Crippen molar-refractivity contribution in [2.75, 3.05) is 25.4 Å². The normalized spacial score (nSPS) is 20.6. The highest BCUT2D eigenvalue weighted by Gasteiger charge is 2.33. The second kappa shape index (κ2) is 6.25. The molecule has 1 atom stereocenters. The summed E-state index contributed by atoms with van der Waals surface area (Å²) < 4.78 is 58.7. The van der Waals surface area contributed by atoms with Crippen LogP contribution in [0.25, 0.3) is 0 Å². The number of nitrogens with zero attached hydrogens (tertiary/aromatic N) is 1. The third-order valence-corrected chi connectivity index (χ3v) is 5.33. The van der Waals surface area contributed by atoms with Gasteiger partial charge >= 0.3 is 0 Å². The van der Waals surface area contributed by atoms with Gasteiger partial charge in [0.25, 0.3) is 0 Å². The van der Waals surface area contributed by atoms with Crippen molar-refractivity contribution in [3.8, 4) is 0 Å². The quantitative estimate of drug-likeness (QED) is 0.858. The maximum atomic E-state index is 14.0. The van der Waals surface area contributed by atoms with E-state index in [1.54, 1.807) is 0 Å². The van der Waals surface area contributed by atoms with Gasteiger partial charge in [-0.15, -0.1) is 0 Å². The summed E-state index contributed by atoms with van der Waals surface area (Å²) in [6.07, 6.45) is 1.18. The van der Waals surface area contributed by atoms with E-state index in [0.717, 1.165) is 22.9 Å². The van der Waals surface area contributed by atoms with Gasteiger partial charge < -0.3 is 10.5 Å². The monoisotopic (exact) mass is 320 g/mol. The van der Waals surface area contributed by atoms with E-state index in [1.807, 2.05) is 6.92 Å². The van der Waals surface area contributed by atoms with Crippen LogP contribution in [-0.2, 0) is 14.8 Å². The van der Waals surface area contributed by atoms with Crippen LogP contribution >= 0.6 is 0 Å². The Hall–Kier alpha value is -1.25.